The molecule has 8 heteroatoms. The molecule has 0 bridgehead atoms. The van der Waals surface area contributed by atoms with Crippen LogP contribution in [0.1, 0.15) is 10.4 Å². The number of hydrazine groups is 1. The van der Waals surface area contributed by atoms with Crippen LogP contribution in [0.3, 0.4) is 0 Å². The van der Waals surface area contributed by atoms with Crippen LogP contribution in [-0.4, -0.2) is 19.3 Å². The van der Waals surface area contributed by atoms with Crippen molar-refractivity contribution in [3.8, 4) is 11.3 Å². The van der Waals surface area contributed by atoms with Crippen LogP contribution < -0.4 is 10.3 Å². The summed E-state index contributed by atoms with van der Waals surface area (Å²) in [5.74, 6) is -0.577. The maximum atomic E-state index is 12.9. The number of pyridine rings is 1. The van der Waals surface area contributed by atoms with Gasteiger partial charge in [0.25, 0.3) is 15.9 Å². The minimum atomic E-state index is -3.91. The molecule has 2 N–H and O–H groups in total. The van der Waals surface area contributed by atoms with Gasteiger partial charge >= 0.3 is 0 Å². The predicted molar refractivity (Wildman–Crippen MR) is 119 cm³/mol. The van der Waals surface area contributed by atoms with Gasteiger partial charge < -0.3 is 0 Å². The Morgan fingerprint density at radius 1 is 0.867 bits per heavy atom. The summed E-state index contributed by atoms with van der Waals surface area (Å²) in [6, 6.07) is 24.4. The maximum Gasteiger partial charge on any atom is 0.267 e. The second kappa shape index (κ2) is 8.35. The first-order chi connectivity index (χ1) is 14.4. The number of fused-ring (bicyclic) bond motifs is 1. The van der Waals surface area contributed by atoms with E-state index >= 15 is 0 Å². The first-order valence-corrected chi connectivity index (χ1v) is 11.2. The van der Waals surface area contributed by atoms with Crippen LogP contribution in [0.25, 0.3) is 22.2 Å². The number of sulfonamides is 1. The van der Waals surface area contributed by atoms with Gasteiger partial charge in [0, 0.05) is 15.4 Å². The van der Waals surface area contributed by atoms with Crippen LogP contribution in [0.4, 0.5) is 0 Å². The second-order valence-electron chi connectivity index (χ2n) is 6.45. The molecule has 3 aromatic carbocycles. The van der Waals surface area contributed by atoms with Crippen molar-refractivity contribution in [1.29, 1.82) is 0 Å². The second-order valence-corrected chi connectivity index (χ2v) is 9.05. The molecule has 4 rings (SSSR count). The van der Waals surface area contributed by atoms with Crippen LogP contribution in [0, 0.1) is 0 Å². The molecule has 0 aliphatic carbocycles. The lowest BCUT2D eigenvalue weighted by atomic mass is 10.0. The number of rotatable bonds is 5. The summed E-state index contributed by atoms with van der Waals surface area (Å²) >= 11 is 3.26. The van der Waals surface area contributed by atoms with Crippen LogP contribution in [-0.2, 0) is 10.0 Å². The number of carbonyl (C=O) groups excluding carboxylic acids is 1. The molecule has 0 atom stereocenters. The fourth-order valence-corrected chi connectivity index (χ4v) is 4.08. The molecule has 1 heterocycles. The molecule has 0 fully saturated rings. The van der Waals surface area contributed by atoms with Gasteiger partial charge in [0.15, 0.2) is 0 Å². The number of para-hydroxylation sites is 1. The van der Waals surface area contributed by atoms with Crippen molar-refractivity contribution in [1.82, 2.24) is 15.2 Å². The third-order valence-electron chi connectivity index (χ3n) is 4.45. The first-order valence-electron chi connectivity index (χ1n) is 8.97. The third-order valence-corrected chi connectivity index (χ3v) is 6.25. The minimum absolute atomic E-state index is 0.0376. The van der Waals surface area contributed by atoms with Crippen molar-refractivity contribution in [2.45, 2.75) is 4.90 Å². The molecule has 1 amide bonds. The fraction of sp³-hybridized carbons (Fsp3) is 0. The van der Waals surface area contributed by atoms with Crippen molar-refractivity contribution in [2.75, 3.05) is 0 Å². The van der Waals surface area contributed by atoms with E-state index in [4.69, 9.17) is 0 Å². The van der Waals surface area contributed by atoms with Crippen LogP contribution in [0.15, 0.2) is 94.3 Å². The summed E-state index contributed by atoms with van der Waals surface area (Å²) in [4.78, 5) is 19.7. The van der Waals surface area contributed by atoms with E-state index in [1.54, 1.807) is 30.3 Å². The molecule has 0 aliphatic rings. The van der Waals surface area contributed by atoms with Gasteiger partial charge in [0.1, 0.15) is 0 Å². The number of benzene rings is 3. The molecule has 0 spiro atoms. The molecule has 30 heavy (non-hydrogen) atoms. The van der Waals surface area contributed by atoms with Gasteiger partial charge in [-0.25, -0.2) is 13.4 Å². The summed E-state index contributed by atoms with van der Waals surface area (Å²) in [5, 5.41) is 0.623. The number of nitrogens with zero attached hydrogens (tertiary/aromatic N) is 1. The van der Waals surface area contributed by atoms with Gasteiger partial charge in [0.2, 0.25) is 0 Å². The Morgan fingerprint density at radius 3 is 2.27 bits per heavy atom. The third kappa shape index (κ3) is 4.25. The Balaban J connectivity index is 1.66. The largest absolute Gasteiger partial charge is 0.273 e. The monoisotopic (exact) mass is 481 g/mol. The van der Waals surface area contributed by atoms with E-state index in [0.29, 0.717) is 22.2 Å². The number of nitrogens with one attached hydrogen (secondary N) is 2. The normalized spacial score (nSPS) is 11.4. The zero-order valence-corrected chi connectivity index (χ0v) is 17.9. The van der Waals surface area contributed by atoms with E-state index < -0.39 is 15.9 Å². The Kier molecular flexibility index (Phi) is 5.63. The lowest BCUT2D eigenvalue weighted by Crippen LogP contribution is -2.41. The maximum absolute atomic E-state index is 12.9. The molecule has 1 aromatic heterocycles. The zero-order chi connectivity index (χ0) is 21.1. The SMILES string of the molecule is O=C(NNS(=O)(=O)c1ccc(Br)cc1)c1cc(-c2ccccc2)nc2ccccc12. The van der Waals surface area contributed by atoms with E-state index in [1.165, 1.54) is 12.1 Å². The van der Waals surface area contributed by atoms with Crippen molar-refractivity contribution in [3.63, 3.8) is 0 Å². The number of halogens is 1. The van der Waals surface area contributed by atoms with Crippen LogP contribution in [0.2, 0.25) is 0 Å². The quantitative estimate of drug-likeness (QED) is 0.416. The highest BCUT2D eigenvalue weighted by Crippen LogP contribution is 2.24. The lowest BCUT2D eigenvalue weighted by molar-refractivity contribution is 0.0946. The van der Waals surface area contributed by atoms with Crippen LogP contribution >= 0.6 is 15.9 Å². The number of amides is 1. The fourth-order valence-electron chi connectivity index (χ4n) is 2.97. The minimum Gasteiger partial charge on any atom is -0.273 e. The molecular weight excluding hydrogens is 466 g/mol. The van der Waals surface area contributed by atoms with E-state index in [9.17, 15) is 13.2 Å². The average molecular weight is 482 g/mol. The molecular formula is C22H16BrN3O3S. The van der Waals surface area contributed by atoms with Crippen molar-refractivity contribution >= 4 is 42.8 Å². The van der Waals surface area contributed by atoms with Crippen molar-refractivity contribution in [2.24, 2.45) is 0 Å². The van der Waals surface area contributed by atoms with Crippen molar-refractivity contribution in [3.05, 3.63) is 95.0 Å². The van der Waals surface area contributed by atoms with E-state index in [0.717, 1.165) is 10.0 Å². The summed E-state index contributed by atoms with van der Waals surface area (Å²) in [6.07, 6.45) is 0. The highest BCUT2D eigenvalue weighted by Gasteiger charge is 2.18. The molecule has 0 unspecified atom stereocenters. The number of carbonyl (C=O) groups is 1. The van der Waals surface area contributed by atoms with Gasteiger partial charge in [-0.2, -0.15) is 0 Å². The van der Waals surface area contributed by atoms with Gasteiger partial charge in [-0.3, -0.25) is 10.2 Å². The Morgan fingerprint density at radius 2 is 1.53 bits per heavy atom. The lowest BCUT2D eigenvalue weighted by Gasteiger charge is -2.12. The zero-order valence-electron chi connectivity index (χ0n) is 15.5. The molecule has 6 nitrogen and oxygen atoms in total. The molecule has 150 valence electrons. The van der Waals surface area contributed by atoms with Gasteiger partial charge in [-0.05, 0) is 36.4 Å². The van der Waals surface area contributed by atoms with E-state index in [-0.39, 0.29) is 4.90 Å². The number of hydrogen-bond donors (Lipinski definition) is 2. The molecule has 0 aliphatic heterocycles. The highest BCUT2D eigenvalue weighted by atomic mass is 79.9. The Hall–Kier alpha value is -3.07. The summed E-state index contributed by atoms with van der Waals surface area (Å²) in [6.45, 7) is 0. The van der Waals surface area contributed by atoms with Gasteiger partial charge in [0.05, 0.1) is 21.7 Å². The van der Waals surface area contributed by atoms with Crippen LogP contribution in [0.5, 0.6) is 0 Å². The topological polar surface area (TPSA) is 88.2 Å². The van der Waals surface area contributed by atoms with E-state index in [2.05, 4.69) is 31.2 Å². The summed E-state index contributed by atoms with van der Waals surface area (Å²) in [5.41, 5.74) is 4.74. The first kappa shape index (κ1) is 20.2. The predicted octanol–water partition coefficient (Wildman–Crippen LogP) is 4.29. The summed E-state index contributed by atoms with van der Waals surface area (Å²) < 4.78 is 25.7. The van der Waals surface area contributed by atoms with Gasteiger partial charge in [-0.15, -0.1) is 4.83 Å². The van der Waals surface area contributed by atoms with Crippen molar-refractivity contribution < 1.29 is 13.2 Å². The van der Waals surface area contributed by atoms with Gasteiger partial charge in [-0.1, -0.05) is 64.5 Å². The Bertz CT molecular complexity index is 1330. The summed E-state index contributed by atoms with van der Waals surface area (Å²) in [7, 11) is -3.91. The van der Waals surface area contributed by atoms with E-state index in [1.807, 2.05) is 42.5 Å². The molecule has 4 aromatic rings. The number of aromatic nitrogens is 1. The smallest absolute Gasteiger partial charge is 0.267 e. The highest BCUT2D eigenvalue weighted by molar-refractivity contribution is 9.10. The molecule has 0 saturated carbocycles. The molecule has 0 saturated heterocycles. The Labute approximate surface area is 182 Å². The number of hydrogen-bond acceptors (Lipinski definition) is 4. The molecule has 0 radical (unpaired) electrons. The average Bonchev–Trinajstić information content (AvgIpc) is 2.77. The standard InChI is InChI=1S/C22H16BrN3O3S/c23-16-10-12-17(13-11-16)30(28,29)26-25-22(27)19-14-21(15-6-2-1-3-7-15)24-20-9-5-4-8-18(19)20/h1-14,26H,(H,25,27).